The highest BCUT2D eigenvalue weighted by Gasteiger charge is 2.27. The average molecular weight is 419 g/mol. The van der Waals surface area contributed by atoms with E-state index in [1.54, 1.807) is 11.0 Å². The molecular weight excluding hydrogens is 394 g/mol. The molecule has 0 bridgehead atoms. The summed E-state index contributed by atoms with van der Waals surface area (Å²) >= 11 is 0. The summed E-state index contributed by atoms with van der Waals surface area (Å²) in [7, 11) is 0. The lowest BCUT2D eigenvalue weighted by Gasteiger charge is -2.34. The van der Waals surface area contributed by atoms with Crippen LogP contribution in [0.15, 0.2) is 54.6 Å². The van der Waals surface area contributed by atoms with Gasteiger partial charge in [0.15, 0.2) is 0 Å². The number of carbonyl (C=O) groups is 2. The monoisotopic (exact) mass is 419 g/mol. The van der Waals surface area contributed by atoms with E-state index in [2.05, 4.69) is 0 Å². The summed E-state index contributed by atoms with van der Waals surface area (Å²) in [5.74, 6) is -1.01. The highest BCUT2D eigenvalue weighted by atomic mass is 16.4. The number of hydrogen-bond acceptors (Lipinski definition) is 5. The van der Waals surface area contributed by atoms with E-state index in [0.717, 1.165) is 5.56 Å². The Kier molecular flexibility index (Phi) is 6.25. The Hall–Kier alpha value is -3.29. The first-order valence-electron chi connectivity index (χ1n) is 10.4. The van der Waals surface area contributed by atoms with Crippen LogP contribution in [0.5, 0.6) is 0 Å². The molecule has 1 saturated heterocycles. The number of aliphatic hydroxyl groups is 1. The predicted molar refractivity (Wildman–Crippen MR) is 118 cm³/mol. The van der Waals surface area contributed by atoms with Gasteiger partial charge in [-0.15, -0.1) is 0 Å². The van der Waals surface area contributed by atoms with Gasteiger partial charge in [0, 0.05) is 49.3 Å². The van der Waals surface area contributed by atoms with Crippen molar-refractivity contribution in [3.05, 3.63) is 65.7 Å². The van der Waals surface area contributed by atoms with Crippen molar-refractivity contribution >= 4 is 22.8 Å². The zero-order valence-corrected chi connectivity index (χ0v) is 17.2. The molecule has 31 heavy (non-hydrogen) atoms. The van der Waals surface area contributed by atoms with Crippen molar-refractivity contribution in [3.8, 4) is 11.3 Å². The van der Waals surface area contributed by atoms with Crippen LogP contribution in [0.4, 0.5) is 0 Å². The molecule has 1 aliphatic rings. The lowest BCUT2D eigenvalue weighted by atomic mass is 9.96. The van der Waals surface area contributed by atoms with Crippen molar-refractivity contribution in [2.24, 2.45) is 0 Å². The van der Waals surface area contributed by atoms with Gasteiger partial charge >= 0.3 is 5.97 Å². The Bertz CT molecular complexity index is 1100. The second-order valence-electron chi connectivity index (χ2n) is 7.67. The zero-order valence-electron chi connectivity index (χ0n) is 17.2. The van der Waals surface area contributed by atoms with Gasteiger partial charge in [0.1, 0.15) is 0 Å². The number of aromatic nitrogens is 1. The summed E-state index contributed by atoms with van der Waals surface area (Å²) in [6.45, 7) is 2.32. The normalized spacial score (nSPS) is 14.9. The van der Waals surface area contributed by atoms with Crippen LogP contribution >= 0.6 is 0 Å². The highest BCUT2D eigenvalue weighted by molar-refractivity contribution is 6.05. The Balaban J connectivity index is 1.75. The molecule has 1 aliphatic heterocycles. The van der Waals surface area contributed by atoms with Crippen LogP contribution in [0.2, 0.25) is 0 Å². The van der Waals surface area contributed by atoms with Gasteiger partial charge in [0.05, 0.1) is 23.3 Å². The molecule has 0 radical (unpaired) electrons. The van der Waals surface area contributed by atoms with Gasteiger partial charge < -0.3 is 15.1 Å². The number of aromatic carboxylic acids is 1. The van der Waals surface area contributed by atoms with E-state index in [1.165, 1.54) is 0 Å². The minimum atomic E-state index is -1.00. The maximum Gasteiger partial charge on any atom is 0.336 e. The van der Waals surface area contributed by atoms with E-state index < -0.39 is 5.97 Å². The van der Waals surface area contributed by atoms with E-state index in [1.807, 2.05) is 53.4 Å². The number of carboxylic acids is 1. The second kappa shape index (κ2) is 9.24. The fourth-order valence-electron chi connectivity index (χ4n) is 4.10. The van der Waals surface area contributed by atoms with Crippen LogP contribution in [0.1, 0.15) is 22.3 Å². The van der Waals surface area contributed by atoms with Crippen molar-refractivity contribution in [1.29, 1.82) is 0 Å². The number of hydrogen-bond donors (Lipinski definition) is 2. The third-order valence-electron chi connectivity index (χ3n) is 5.62. The Morgan fingerprint density at radius 3 is 2.48 bits per heavy atom. The van der Waals surface area contributed by atoms with Gasteiger partial charge in [-0.2, -0.15) is 0 Å². The third kappa shape index (κ3) is 4.42. The summed E-state index contributed by atoms with van der Waals surface area (Å²) in [4.78, 5) is 33.4. The molecule has 0 unspecified atom stereocenters. The zero-order chi connectivity index (χ0) is 21.8. The number of benzene rings is 2. The molecule has 0 atom stereocenters. The number of carboxylic acid groups (broad SMARTS) is 1. The van der Waals surface area contributed by atoms with Crippen LogP contribution in [0.3, 0.4) is 0 Å². The molecule has 1 amide bonds. The fraction of sp³-hybridized carbons (Fsp3) is 0.292. The summed E-state index contributed by atoms with van der Waals surface area (Å²) in [6, 6.07) is 16.8. The lowest BCUT2D eigenvalue weighted by molar-refractivity contribution is -0.136. The van der Waals surface area contributed by atoms with Gasteiger partial charge in [-0.05, 0) is 12.5 Å². The standard InChI is InChI=1S/C24H25N3O4/c28-14-6-11-27-13-12-26(16-21(27)29)15-19-22(24(30)31)18-9-4-5-10-20(18)25-23(19)17-7-2-1-3-8-17/h1-5,7-10,28H,6,11-16H2,(H,30,31). The molecule has 1 aromatic heterocycles. The van der Waals surface area contributed by atoms with E-state index in [9.17, 15) is 14.7 Å². The molecule has 3 aromatic rings. The smallest absolute Gasteiger partial charge is 0.336 e. The van der Waals surface area contributed by atoms with Gasteiger partial charge in [-0.25, -0.2) is 9.78 Å². The first kappa shape index (κ1) is 21.0. The Labute approximate surface area is 180 Å². The molecule has 1 fully saturated rings. The Morgan fingerprint density at radius 1 is 1.03 bits per heavy atom. The molecule has 0 saturated carbocycles. The summed E-state index contributed by atoms with van der Waals surface area (Å²) in [5, 5.41) is 19.7. The van der Waals surface area contributed by atoms with Crippen molar-refractivity contribution in [1.82, 2.24) is 14.8 Å². The fourth-order valence-corrected chi connectivity index (χ4v) is 4.10. The number of fused-ring (bicyclic) bond motifs is 1. The van der Waals surface area contributed by atoms with Crippen molar-refractivity contribution in [2.45, 2.75) is 13.0 Å². The first-order valence-corrected chi connectivity index (χ1v) is 10.4. The number of nitrogens with zero attached hydrogens (tertiary/aromatic N) is 3. The molecule has 160 valence electrons. The van der Waals surface area contributed by atoms with Gasteiger partial charge in [0.2, 0.25) is 5.91 Å². The van der Waals surface area contributed by atoms with Gasteiger partial charge in [-0.3, -0.25) is 9.69 Å². The van der Waals surface area contributed by atoms with Gasteiger partial charge in [-0.1, -0.05) is 48.5 Å². The number of piperazine rings is 1. The van der Waals surface area contributed by atoms with Crippen molar-refractivity contribution in [3.63, 3.8) is 0 Å². The average Bonchev–Trinajstić information content (AvgIpc) is 2.78. The van der Waals surface area contributed by atoms with Crippen molar-refractivity contribution < 1.29 is 19.8 Å². The van der Waals surface area contributed by atoms with E-state index in [-0.39, 0.29) is 24.6 Å². The van der Waals surface area contributed by atoms with Crippen LogP contribution < -0.4 is 0 Å². The maximum atomic E-state index is 12.6. The molecular formula is C24H25N3O4. The molecule has 2 aromatic carbocycles. The Morgan fingerprint density at radius 2 is 1.77 bits per heavy atom. The number of amides is 1. The van der Waals surface area contributed by atoms with Crippen LogP contribution in [0, 0.1) is 0 Å². The predicted octanol–water partition coefficient (Wildman–Crippen LogP) is 2.63. The molecule has 2 N–H and O–H groups in total. The molecule has 7 nitrogen and oxygen atoms in total. The van der Waals surface area contributed by atoms with Crippen molar-refractivity contribution in [2.75, 3.05) is 32.8 Å². The van der Waals surface area contributed by atoms with E-state index in [0.29, 0.717) is 54.8 Å². The number of pyridine rings is 1. The summed E-state index contributed by atoms with van der Waals surface area (Å²) < 4.78 is 0. The van der Waals surface area contributed by atoms with E-state index >= 15 is 0 Å². The van der Waals surface area contributed by atoms with Crippen LogP contribution in [-0.4, -0.2) is 69.7 Å². The first-order chi connectivity index (χ1) is 15.1. The quantitative estimate of drug-likeness (QED) is 0.612. The minimum Gasteiger partial charge on any atom is -0.478 e. The molecule has 7 heteroatoms. The molecule has 0 aliphatic carbocycles. The summed E-state index contributed by atoms with van der Waals surface area (Å²) in [6.07, 6.45) is 0.557. The molecule has 4 rings (SSSR count). The SMILES string of the molecule is O=C(O)c1c(CN2CCN(CCCO)C(=O)C2)c(-c2ccccc2)nc2ccccc12. The van der Waals surface area contributed by atoms with Crippen LogP contribution in [-0.2, 0) is 11.3 Å². The minimum absolute atomic E-state index is 0.00779. The molecule has 2 heterocycles. The number of aliphatic hydroxyl groups excluding tert-OH is 1. The highest BCUT2D eigenvalue weighted by Crippen LogP contribution is 2.31. The largest absolute Gasteiger partial charge is 0.478 e. The second-order valence-corrected chi connectivity index (χ2v) is 7.67. The lowest BCUT2D eigenvalue weighted by Crippen LogP contribution is -2.50. The van der Waals surface area contributed by atoms with Crippen LogP contribution in [0.25, 0.3) is 22.2 Å². The molecule has 0 spiro atoms. The topological polar surface area (TPSA) is 94.0 Å². The summed E-state index contributed by atoms with van der Waals surface area (Å²) in [5.41, 5.74) is 2.96. The number of rotatable bonds is 7. The van der Waals surface area contributed by atoms with E-state index in [4.69, 9.17) is 10.1 Å². The third-order valence-corrected chi connectivity index (χ3v) is 5.62. The maximum absolute atomic E-state index is 12.6. The number of para-hydroxylation sites is 1. The van der Waals surface area contributed by atoms with Gasteiger partial charge in [0.25, 0.3) is 0 Å². The number of carbonyl (C=O) groups excluding carboxylic acids is 1.